The molecule has 0 amide bonds. The maximum absolute atomic E-state index is 12.7. The Morgan fingerprint density at radius 1 is 1.10 bits per heavy atom. The summed E-state index contributed by atoms with van der Waals surface area (Å²) in [5.74, 6) is 1.58. The van der Waals surface area contributed by atoms with Crippen molar-refractivity contribution >= 4 is 33.9 Å². The van der Waals surface area contributed by atoms with Crippen molar-refractivity contribution in [3.63, 3.8) is 0 Å². The van der Waals surface area contributed by atoms with Gasteiger partial charge in [0.05, 0.1) is 24.1 Å². The van der Waals surface area contributed by atoms with Gasteiger partial charge in [-0.3, -0.25) is 0 Å². The van der Waals surface area contributed by atoms with Crippen molar-refractivity contribution in [3.05, 3.63) is 60.0 Å². The number of thioether (sulfide) groups is 1. The highest BCUT2D eigenvalue weighted by atomic mass is 32.2. The van der Waals surface area contributed by atoms with Gasteiger partial charge in [0.15, 0.2) is 4.34 Å². The molecule has 0 atom stereocenters. The van der Waals surface area contributed by atoms with Crippen LogP contribution in [-0.2, 0) is 11.9 Å². The Labute approximate surface area is 182 Å². The quantitative estimate of drug-likeness (QED) is 0.351. The number of nitrogens with zero attached hydrogens (tertiary/aromatic N) is 4. The first-order chi connectivity index (χ1) is 14.9. The lowest BCUT2D eigenvalue weighted by Gasteiger charge is -2.07. The zero-order valence-corrected chi connectivity index (χ0v) is 17.5. The van der Waals surface area contributed by atoms with Gasteiger partial charge in [0, 0.05) is 5.56 Å². The summed E-state index contributed by atoms with van der Waals surface area (Å²) < 4.78 is 49.2. The van der Waals surface area contributed by atoms with E-state index in [2.05, 4.69) is 25.7 Å². The molecular weight excluding hydrogens is 451 g/mol. The lowest BCUT2D eigenvalue weighted by Crippen LogP contribution is -2.04. The molecule has 0 unspecified atom stereocenters. The molecule has 0 aliphatic heterocycles. The van der Waals surface area contributed by atoms with Gasteiger partial charge in [0.25, 0.3) is 0 Å². The van der Waals surface area contributed by atoms with Gasteiger partial charge in [-0.1, -0.05) is 52.5 Å². The molecule has 0 fully saturated rings. The van der Waals surface area contributed by atoms with E-state index in [4.69, 9.17) is 9.26 Å². The molecule has 0 aliphatic rings. The minimum Gasteiger partial charge on any atom is -0.495 e. The van der Waals surface area contributed by atoms with E-state index in [9.17, 15) is 13.2 Å². The van der Waals surface area contributed by atoms with Gasteiger partial charge in [-0.05, 0) is 24.3 Å². The van der Waals surface area contributed by atoms with Crippen LogP contribution in [0.4, 0.5) is 24.0 Å². The Hall–Kier alpha value is -3.12. The van der Waals surface area contributed by atoms with Crippen LogP contribution in [0.25, 0.3) is 11.4 Å². The smallest absolute Gasteiger partial charge is 0.416 e. The average molecular weight is 465 g/mol. The number of anilines is 2. The molecule has 2 aromatic heterocycles. The number of rotatable bonds is 7. The summed E-state index contributed by atoms with van der Waals surface area (Å²) in [5.41, 5.74) is 0.479. The van der Waals surface area contributed by atoms with E-state index in [0.717, 1.165) is 17.8 Å². The second-order valence-corrected chi connectivity index (χ2v) is 8.27. The molecular formula is C19H14F3N5O2S2. The number of aromatic nitrogens is 4. The van der Waals surface area contributed by atoms with Crippen molar-refractivity contribution in [2.24, 2.45) is 0 Å². The SMILES string of the molecule is COc1ccccc1Nc1nnc(SCc2nc(-c3ccc(C(F)(F)F)cc3)no2)s1. The van der Waals surface area contributed by atoms with Crippen LogP contribution in [0.15, 0.2) is 57.4 Å². The van der Waals surface area contributed by atoms with E-state index < -0.39 is 11.7 Å². The molecule has 160 valence electrons. The van der Waals surface area contributed by atoms with E-state index in [1.54, 1.807) is 7.11 Å². The van der Waals surface area contributed by atoms with Crippen molar-refractivity contribution < 1.29 is 22.4 Å². The number of para-hydroxylation sites is 2. The fourth-order valence-electron chi connectivity index (χ4n) is 2.54. The summed E-state index contributed by atoms with van der Waals surface area (Å²) in [5, 5.41) is 15.8. The van der Waals surface area contributed by atoms with Crippen molar-refractivity contribution in [1.82, 2.24) is 20.3 Å². The Morgan fingerprint density at radius 2 is 1.87 bits per heavy atom. The molecule has 0 saturated heterocycles. The number of methoxy groups -OCH3 is 1. The first kappa shape index (κ1) is 21.1. The number of alkyl halides is 3. The molecule has 0 spiro atoms. The molecule has 4 aromatic rings. The minimum atomic E-state index is -4.39. The van der Waals surface area contributed by atoms with Crippen LogP contribution in [0, 0.1) is 0 Å². The second kappa shape index (κ2) is 8.94. The molecule has 0 bridgehead atoms. The molecule has 0 radical (unpaired) electrons. The highest BCUT2D eigenvalue weighted by Crippen LogP contribution is 2.33. The molecule has 2 aromatic carbocycles. The highest BCUT2D eigenvalue weighted by Gasteiger charge is 2.30. The Bertz CT molecular complexity index is 1160. The molecule has 1 N–H and O–H groups in total. The maximum Gasteiger partial charge on any atom is 0.416 e. The predicted octanol–water partition coefficient (Wildman–Crippen LogP) is 5.65. The molecule has 2 heterocycles. The molecule has 7 nitrogen and oxygen atoms in total. The first-order valence-electron chi connectivity index (χ1n) is 8.79. The largest absolute Gasteiger partial charge is 0.495 e. The minimum absolute atomic E-state index is 0.222. The number of ether oxygens (including phenoxy) is 1. The van der Waals surface area contributed by atoms with Crippen LogP contribution in [0.2, 0.25) is 0 Å². The monoisotopic (exact) mass is 465 g/mol. The van der Waals surface area contributed by atoms with Gasteiger partial charge in [0.1, 0.15) is 5.75 Å². The zero-order valence-electron chi connectivity index (χ0n) is 15.9. The van der Waals surface area contributed by atoms with Crippen molar-refractivity contribution in [2.45, 2.75) is 16.3 Å². The molecule has 0 aliphatic carbocycles. The van der Waals surface area contributed by atoms with Crippen LogP contribution in [0.3, 0.4) is 0 Å². The normalized spacial score (nSPS) is 11.5. The molecule has 0 saturated carbocycles. The summed E-state index contributed by atoms with van der Waals surface area (Å²) in [4.78, 5) is 4.23. The van der Waals surface area contributed by atoms with Gasteiger partial charge in [-0.25, -0.2) is 0 Å². The Balaban J connectivity index is 1.37. The Kier molecular flexibility index (Phi) is 6.09. The van der Waals surface area contributed by atoms with E-state index in [-0.39, 0.29) is 5.82 Å². The summed E-state index contributed by atoms with van der Waals surface area (Å²) in [6.45, 7) is 0. The lowest BCUT2D eigenvalue weighted by atomic mass is 10.1. The van der Waals surface area contributed by atoms with Crippen LogP contribution >= 0.6 is 23.1 Å². The van der Waals surface area contributed by atoms with Gasteiger partial charge >= 0.3 is 6.18 Å². The van der Waals surface area contributed by atoms with Gasteiger partial charge < -0.3 is 14.6 Å². The topological polar surface area (TPSA) is 86.0 Å². The first-order valence-corrected chi connectivity index (χ1v) is 10.6. The number of hydrogen-bond donors (Lipinski definition) is 1. The number of benzene rings is 2. The third kappa shape index (κ3) is 5.14. The highest BCUT2D eigenvalue weighted by molar-refractivity contribution is 8.00. The van der Waals surface area contributed by atoms with Gasteiger partial charge in [-0.2, -0.15) is 18.2 Å². The maximum atomic E-state index is 12.7. The fraction of sp³-hybridized carbons (Fsp3) is 0.158. The molecule has 12 heteroatoms. The van der Waals surface area contributed by atoms with Crippen molar-refractivity contribution in [2.75, 3.05) is 12.4 Å². The van der Waals surface area contributed by atoms with Crippen LogP contribution in [-0.4, -0.2) is 27.4 Å². The van der Waals surface area contributed by atoms with E-state index in [1.807, 2.05) is 24.3 Å². The van der Waals surface area contributed by atoms with E-state index >= 15 is 0 Å². The third-order valence-electron chi connectivity index (χ3n) is 4.01. The summed E-state index contributed by atoms with van der Waals surface area (Å²) in [6, 6.07) is 12.0. The summed E-state index contributed by atoms with van der Waals surface area (Å²) >= 11 is 2.71. The standard InChI is InChI=1S/C19H14F3N5O2S2/c1-28-14-5-3-2-4-13(14)23-17-25-26-18(31-17)30-10-15-24-16(27-29-15)11-6-8-12(9-7-11)19(20,21)22/h2-9H,10H2,1H3,(H,23,25). The third-order valence-corrected chi connectivity index (χ3v) is 5.97. The fourth-order valence-corrected chi connectivity index (χ4v) is 4.15. The second-order valence-electron chi connectivity index (χ2n) is 6.07. The van der Waals surface area contributed by atoms with E-state index in [0.29, 0.717) is 32.4 Å². The zero-order chi connectivity index (χ0) is 21.8. The number of halogens is 3. The van der Waals surface area contributed by atoms with Crippen LogP contribution in [0.5, 0.6) is 5.75 Å². The Morgan fingerprint density at radius 3 is 2.61 bits per heavy atom. The van der Waals surface area contributed by atoms with Gasteiger partial charge in [-0.15, -0.1) is 10.2 Å². The molecule has 4 rings (SSSR count). The van der Waals surface area contributed by atoms with E-state index in [1.165, 1.54) is 35.2 Å². The predicted molar refractivity (Wildman–Crippen MR) is 110 cm³/mol. The van der Waals surface area contributed by atoms with Crippen LogP contribution in [0.1, 0.15) is 11.5 Å². The summed E-state index contributed by atoms with van der Waals surface area (Å²) in [6.07, 6.45) is -4.39. The van der Waals surface area contributed by atoms with Crippen LogP contribution < -0.4 is 10.1 Å². The summed E-state index contributed by atoms with van der Waals surface area (Å²) in [7, 11) is 1.59. The van der Waals surface area contributed by atoms with Crippen molar-refractivity contribution in [1.29, 1.82) is 0 Å². The lowest BCUT2D eigenvalue weighted by molar-refractivity contribution is -0.137. The van der Waals surface area contributed by atoms with Gasteiger partial charge in [0.2, 0.25) is 16.8 Å². The molecule has 31 heavy (non-hydrogen) atoms. The number of hydrogen-bond acceptors (Lipinski definition) is 9. The number of nitrogens with one attached hydrogen (secondary N) is 1. The van der Waals surface area contributed by atoms with Crippen molar-refractivity contribution in [3.8, 4) is 17.1 Å². The average Bonchev–Trinajstić information content (AvgIpc) is 3.42.